The summed E-state index contributed by atoms with van der Waals surface area (Å²) in [5.74, 6) is 0.361. The first-order valence-corrected chi connectivity index (χ1v) is 5.26. The number of benzene rings is 1. The Morgan fingerprint density at radius 1 is 1.40 bits per heavy atom. The van der Waals surface area contributed by atoms with Crippen molar-refractivity contribution in [2.75, 3.05) is 6.61 Å². The standard InChI is InChI=1S/C13H15NO/c1-9-3-5-11(6-4-9)13(8-14)10(2)12(13)7-15/h3-6,10,12,15H,7H2,1-2H3/t10-,12+,13-/m1/s1. The molecule has 0 aliphatic heterocycles. The van der Waals surface area contributed by atoms with Crippen LogP contribution >= 0.6 is 0 Å². The van der Waals surface area contributed by atoms with Crippen LogP contribution in [0.4, 0.5) is 0 Å². The molecule has 15 heavy (non-hydrogen) atoms. The quantitative estimate of drug-likeness (QED) is 0.795. The first kappa shape index (κ1) is 10.2. The van der Waals surface area contributed by atoms with E-state index in [1.54, 1.807) is 0 Å². The molecule has 1 aromatic carbocycles. The number of nitrogens with zero attached hydrogens (tertiary/aromatic N) is 1. The second-order valence-corrected chi connectivity index (χ2v) is 4.42. The molecule has 78 valence electrons. The Balaban J connectivity index is 2.38. The fourth-order valence-corrected chi connectivity index (χ4v) is 2.51. The van der Waals surface area contributed by atoms with Crippen LogP contribution in [0.25, 0.3) is 0 Å². The van der Waals surface area contributed by atoms with E-state index in [2.05, 4.69) is 6.07 Å². The van der Waals surface area contributed by atoms with Crippen molar-refractivity contribution in [2.45, 2.75) is 19.3 Å². The number of aryl methyl sites for hydroxylation is 1. The van der Waals surface area contributed by atoms with E-state index >= 15 is 0 Å². The van der Waals surface area contributed by atoms with Crippen LogP contribution in [-0.4, -0.2) is 11.7 Å². The summed E-state index contributed by atoms with van der Waals surface area (Å²) in [7, 11) is 0. The van der Waals surface area contributed by atoms with Crippen LogP contribution in [0.2, 0.25) is 0 Å². The number of aliphatic hydroxyl groups excluding tert-OH is 1. The molecule has 0 heterocycles. The molecule has 3 atom stereocenters. The van der Waals surface area contributed by atoms with Gasteiger partial charge in [-0.1, -0.05) is 36.8 Å². The van der Waals surface area contributed by atoms with Crippen LogP contribution < -0.4 is 0 Å². The van der Waals surface area contributed by atoms with Crippen molar-refractivity contribution in [1.82, 2.24) is 0 Å². The Morgan fingerprint density at radius 3 is 2.40 bits per heavy atom. The monoisotopic (exact) mass is 201 g/mol. The van der Waals surface area contributed by atoms with E-state index in [9.17, 15) is 10.4 Å². The molecule has 1 aromatic rings. The normalized spacial score (nSPS) is 33.5. The Hall–Kier alpha value is -1.33. The molecule has 0 amide bonds. The molecule has 0 bridgehead atoms. The smallest absolute Gasteiger partial charge is 0.0905 e. The van der Waals surface area contributed by atoms with Gasteiger partial charge >= 0.3 is 0 Å². The van der Waals surface area contributed by atoms with Crippen LogP contribution in [0.1, 0.15) is 18.1 Å². The SMILES string of the molecule is Cc1ccc([C@@]2(C#N)[C@H](C)[C@@H]2CO)cc1. The predicted molar refractivity (Wildman–Crippen MR) is 58.2 cm³/mol. The van der Waals surface area contributed by atoms with Gasteiger partial charge in [0, 0.05) is 12.5 Å². The Bertz CT molecular complexity index is 404. The second kappa shape index (κ2) is 3.36. The maximum absolute atomic E-state index is 9.29. The minimum atomic E-state index is -0.442. The fraction of sp³-hybridized carbons (Fsp3) is 0.462. The molecular formula is C13H15NO. The molecule has 0 unspecified atom stereocenters. The lowest BCUT2D eigenvalue weighted by Crippen LogP contribution is -2.09. The van der Waals surface area contributed by atoms with Gasteiger partial charge in [-0.25, -0.2) is 0 Å². The largest absolute Gasteiger partial charge is 0.396 e. The van der Waals surface area contributed by atoms with Gasteiger partial charge in [-0.2, -0.15) is 5.26 Å². The van der Waals surface area contributed by atoms with E-state index in [1.165, 1.54) is 5.56 Å². The van der Waals surface area contributed by atoms with Crippen LogP contribution in [-0.2, 0) is 5.41 Å². The molecule has 2 heteroatoms. The molecule has 0 aromatic heterocycles. The zero-order chi connectivity index (χ0) is 11.1. The summed E-state index contributed by atoms with van der Waals surface area (Å²) in [5, 5.41) is 18.5. The van der Waals surface area contributed by atoms with Crippen LogP contribution in [0.5, 0.6) is 0 Å². The molecule has 2 nitrogen and oxygen atoms in total. The second-order valence-electron chi connectivity index (χ2n) is 4.42. The first-order chi connectivity index (χ1) is 7.16. The van der Waals surface area contributed by atoms with E-state index in [0.717, 1.165) is 5.56 Å². The lowest BCUT2D eigenvalue weighted by atomic mass is 9.93. The van der Waals surface area contributed by atoms with Crippen molar-refractivity contribution >= 4 is 0 Å². The summed E-state index contributed by atoms with van der Waals surface area (Å²) >= 11 is 0. The number of aliphatic hydroxyl groups is 1. The van der Waals surface area contributed by atoms with E-state index in [1.807, 2.05) is 38.1 Å². The Morgan fingerprint density at radius 2 is 2.00 bits per heavy atom. The van der Waals surface area contributed by atoms with E-state index < -0.39 is 5.41 Å². The van der Waals surface area contributed by atoms with Crippen molar-refractivity contribution < 1.29 is 5.11 Å². The van der Waals surface area contributed by atoms with Crippen molar-refractivity contribution in [2.24, 2.45) is 11.8 Å². The van der Waals surface area contributed by atoms with Crippen LogP contribution in [0.3, 0.4) is 0 Å². The fourth-order valence-electron chi connectivity index (χ4n) is 2.51. The van der Waals surface area contributed by atoms with Gasteiger partial charge in [0.1, 0.15) is 0 Å². The molecule has 0 radical (unpaired) electrons. The molecule has 0 saturated heterocycles. The molecule has 2 rings (SSSR count). The van der Waals surface area contributed by atoms with Gasteiger partial charge in [0.2, 0.25) is 0 Å². The zero-order valence-corrected chi connectivity index (χ0v) is 9.07. The van der Waals surface area contributed by atoms with E-state index in [-0.39, 0.29) is 18.4 Å². The van der Waals surface area contributed by atoms with Crippen LogP contribution in [0.15, 0.2) is 24.3 Å². The lowest BCUT2D eigenvalue weighted by molar-refractivity contribution is 0.265. The minimum absolute atomic E-state index is 0.0998. The predicted octanol–water partition coefficient (Wildman–Crippen LogP) is 2.01. The maximum Gasteiger partial charge on any atom is 0.0905 e. The third-order valence-electron chi connectivity index (χ3n) is 3.71. The maximum atomic E-state index is 9.29. The summed E-state index contributed by atoms with van der Waals surface area (Å²) in [6.07, 6.45) is 0. The summed E-state index contributed by atoms with van der Waals surface area (Å²) in [6, 6.07) is 10.4. The van der Waals surface area contributed by atoms with Crippen molar-refractivity contribution in [1.29, 1.82) is 5.26 Å². The van der Waals surface area contributed by atoms with Crippen molar-refractivity contribution in [3.8, 4) is 6.07 Å². The Labute approximate surface area is 90.2 Å². The van der Waals surface area contributed by atoms with Crippen LogP contribution in [0, 0.1) is 30.1 Å². The average Bonchev–Trinajstić information content (AvgIpc) is 2.85. The number of hydrogen-bond acceptors (Lipinski definition) is 2. The number of rotatable bonds is 2. The molecule has 1 fully saturated rings. The highest BCUT2D eigenvalue weighted by Crippen LogP contribution is 2.59. The van der Waals surface area contributed by atoms with E-state index in [4.69, 9.17) is 0 Å². The van der Waals surface area contributed by atoms with Gasteiger partial charge in [-0.3, -0.25) is 0 Å². The molecule has 1 N–H and O–H groups in total. The third-order valence-corrected chi connectivity index (χ3v) is 3.71. The molecule has 1 saturated carbocycles. The molecule has 1 aliphatic rings. The van der Waals surface area contributed by atoms with Crippen molar-refractivity contribution in [3.05, 3.63) is 35.4 Å². The zero-order valence-electron chi connectivity index (χ0n) is 9.07. The molecular weight excluding hydrogens is 186 g/mol. The first-order valence-electron chi connectivity index (χ1n) is 5.26. The number of nitriles is 1. The molecule has 0 spiro atoms. The third kappa shape index (κ3) is 1.27. The topological polar surface area (TPSA) is 44.0 Å². The van der Waals surface area contributed by atoms with Gasteiger partial charge in [0.15, 0.2) is 0 Å². The van der Waals surface area contributed by atoms with E-state index in [0.29, 0.717) is 0 Å². The summed E-state index contributed by atoms with van der Waals surface area (Å²) in [6.45, 7) is 4.16. The van der Waals surface area contributed by atoms with Crippen molar-refractivity contribution in [3.63, 3.8) is 0 Å². The highest BCUT2D eigenvalue weighted by atomic mass is 16.3. The van der Waals surface area contributed by atoms with Gasteiger partial charge in [-0.15, -0.1) is 0 Å². The van der Waals surface area contributed by atoms with Gasteiger partial charge in [0.05, 0.1) is 11.5 Å². The lowest BCUT2D eigenvalue weighted by Gasteiger charge is -2.08. The summed E-state index contributed by atoms with van der Waals surface area (Å²) in [4.78, 5) is 0. The highest BCUT2D eigenvalue weighted by molar-refractivity contribution is 5.44. The van der Waals surface area contributed by atoms with Gasteiger partial charge in [-0.05, 0) is 18.4 Å². The minimum Gasteiger partial charge on any atom is -0.396 e. The summed E-state index contributed by atoms with van der Waals surface area (Å²) in [5.41, 5.74) is 1.80. The molecule has 1 aliphatic carbocycles. The Kier molecular flexibility index (Phi) is 2.28. The summed E-state index contributed by atoms with van der Waals surface area (Å²) < 4.78 is 0. The van der Waals surface area contributed by atoms with Gasteiger partial charge < -0.3 is 5.11 Å². The highest BCUT2D eigenvalue weighted by Gasteiger charge is 2.63. The average molecular weight is 201 g/mol. The van der Waals surface area contributed by atoms with Gasteiger partial charge in [0.25, 0.3) is 0 Å². The number of hydrogen-bond donors (Lipinski definition) is 1.